The van der Waals surface area contributed by atoms with Gasteiger partial charge in [0.05, 0.1) is 22.7 Å². The second-order valence-corrected chi connectivity index (χ2v) is 27.4. The molecule has 0 amide bonds. The van der Waals surface area contributed by atoms with Gasteiger partial charge >= 0.3 is 0 Å². The maximum absolute atomic E-state index is 13.3. The van der Waals surface area contributed by atoms with E-state index < -0.39 is 0 Å². The molecule has 0 spiro atoms. The maximum Gasteiger partial charge on any atom is 0.159 e. The molecule has 2 saturated carbocycles. The van der Waals surface area contributed by atoms with Gasteiger partial charge in [-0.3, -0.25) is 0 Å². The van der Waals surface area contributed by atoms with Gasteiger partial charge in [0.25, 0.3) is 0 Å². The Bertz CT molecular complexity index is 4850. The van der Waals surface area contributed by atoms with Crippen molar-refractivity contribution >= 4 is 88.4 Å². The summed E-state index contributed by atoms with van der Waals surface area (Å²) >= 11 is 0. The Labute approximate surface area is 531 Å². The van der Waals surface area contributed by atoms with Crippen molar-refractivity contribution in [2.45, 2.75) is 142 Å². The number of phenols is 1. The van der Waals surface area contributed by atoms with Crippen LogP contribution in [0.15, 0.2) is 217 Å². The van der Waals surface area contributed by atoms with E-state index >= 15 is 0 Å². The number of anilines is 6. The molecular formula is C86H82N2O2. The molecule has 0 saturated heterocycles. The first-order valence-electron chi connectivity index (χ1n) is 33.5. The van der Waals surface area contributed by atoms with Crippen LogP contribution >= 0.6 is 0 Å². The van der Waals surface area contributed by atoms with E-state index in [2.05, 4.69) is 278 Å². The molecule has 0 atom stereocenters. The van der Waals surface area contributed by atoms with E-state index in [4.69, 9.17) is 4.42 Å². The first-order chi connectivity index (χ1) is 43.9. The molecule has 1 heterocycles. The van der Waals surface area contributed by atoms with E-state index in [0.29, 0.717) is 35.5 Å². The molecule has 1 aromatic heterocycles. The summed E-state index contributed by atoms with van der Waals surface area (Å²) in [4.78, 5) is 4.97. The highest BCUT2D eigenvalue weighted by Crippen LogP contribution is 2.56. The molecule has 12 aromatic carbocycles. The topological polar surface area (TPSA) is 39.9 Å². The average Bonchev–Trinajstić information content (AvgIpc) is 0.786. The second-order valence-electron chi connectivity index (χ2n) is 27.4. The average molecular weight is 1180 g/mol. The Balaban J connectivity index is 1.02. The van der Waals surface area contributed by atoms with Gasteiger partial charge in [0, 0.05) is 44.0 Å². The number of benzene rings is 12. The normalized spacial score (nSPS) is 14.2. The number of rotatable bonds is 15. The molecule has 2 aliphatic rings. The van der Waals surface area contributed by atoms with Crippen LogP contribution in [0, 0.1) is 0 Å². The van der Waals surface area contributed by atoms with Gasteiger partial charge in [-0.1, -0.05) is 239 Å². The van der Waals surface area contributed by atoms with Crippen LogP contribution in [0.1, 0.15) is 176 Å². The van der Waals surface area contributed by atoms with E-state index in [1.54, 1.807) is 0 Å². The van der Waals surface area contributed by atoms with E-state index in [1.165, 1.54) is 103 Å². The molecule has 15 rings (SSSR count). The first kappa shape index (κ1) is 57.3. The SMILES string of the molecule is CC(C)c1cccc(N(c2cccc(-c3cccc(-c4ccccc4C(C)C)c3)c2O)c2cc(C3CCCC3)c3ccc4c(N(c5cccc(C(C)C)c5)c5cccc6c5oc5c(-c7ccccc7C(C)C)cccc56)cc(C5CCCC5)c5ccc2c3c54)c1. The summed E-state index contributed by atoms with van der Waals surface area (Å²) in [5, 5.41) is 23.2. The number of aromatic hydroxyl groups is 1. The minimum Gasteiger partial charge on any atom is -0.505 e. The fourth-order valence-electron chi connectivity index (χ4n) is 15.9. The molecule has 13 aromatic rings. The van der Waals surface area contributed by atoms with Crippen molar-refractivity contribution < 1.29 is 9.52 Å². The van der Waals surface area contributed by atoms with Crippen LogP contribution in [0.3, 0.4) is 0 Å². The maximum atomic E-state index is 13.3. The van der Waals surface area contributed by atoms with E-state index in [9.17, 15) is 5.11 Å². The van der Waals surface area contributed by atoms with Gasteiger partial charge in [-0.25, -0.2) is 0 Å². The zero-order chi connectivity index (χ0) is 61.5. The lowest BCUT2D eigenvalue weighted by molar-refractivity contribution is 0.478. The van der Waals surface area contributed by atoms with Crippen molar-refractivity contribution in [2.24, 2.45) is 0 Å². The van der Waals surface area contributed by atoms with Crippen LogP contribution < -0.4 is 9.80 Å². The van der Waals surface area contributed by atoms with E-state index in [1.807, 2.05) is 0 Å². The number of nitrogens with zero attached hydrogens (tertiary/aromatic N) is 2. The fraction of sp³-hybridized carbons (Fsp3) is 0.256. The highest BCUT2D eigenvalue weighted by molar-refractivity contribution is 6.30. The summed E-state index contributed by atoms with van der Waals surface area (Å²) in [6.07, 6.45) is 9.49. The number of hydrogen-bond donors (Lipinski definition) is 1. The lowest BCUT2D eigenvalue weighted by Gasteiger charge is -2.32. The van der Waals surface area contributed by atoms with Crippen LogP contribution in [-0.2, 0) is 0 Å². The van der Waals surface area contributed by atoms with Gasteiger partial charge in [-0.15, -0.1) is 0 Å². The summed E-state index contributed by atoms with van der Waals surface area (Å²) in [7, 11) is 0. The highest BCUT2D eigenvalue weighted by atomic mass is 16.3. The van der Waals surface area contributed by atoms with Crippen LogP contribution in [0.4, 0.5) is 34.1 Å². The minimum atomic E-state index is 0.260. The predicted octanol–water partition coefficient (Wildman–Crippen LogP) is 25.9. The van der Waals surface area contributed by atoms with E-state index in [0.717, 1.165) is 104 Å². The quantitative estimate of drug-likeness (QED) is 0.104. The Morgan fingerprint density at radius 3 is 1.34 bits per heavy atom. The van der Waals surface area contributed by atoms with Gasteiger partial charge in [0.15, 0.2) is 5.58 Å². The molecule has 0 aliphatic heterocycles. The highest BCUT2D eigenvalue weighted by Gasteiger charge is 2.32. The van der Waals surface area contributed by atoms with Crippen LogP contribution in [0.5, 0.6) is 5.75 Å². The molecule has 2 fully saturated rings. The number of fused-ring (bicyclic) bond motifs is 3. The van der Waals surface area contributed by atoms with Gasteiger partial charge in [0.2, 0.25) is 0 Å². The van der Waals surface area contributed by atoms with Crippen molar-refractivity contribution in [3.63, 3.8) is 0 Å². The summed E-state index contributed by atoms with van der Waals surface area (Å²) < 4.78 is 7.50. The van der Waals surface area contributed by atoms with Crippen LogP contribution in [0.2, 0.25) is 0 Å². The third-order valence-corrected chi connectivity index (χ3v) is 20.5. The van der Waals surface area contributed by atoms with Gasteiger partial charge in [-0.05, 0) is 193 Å². The van der Waals surface area contributed by atoms with Gasteiger partial charge in [0.1, 0.15) is 11.3 Å². The third-order valence-electron chi connectivity index (χ3n) is 20.5. The largest absolute Gasteiger partial charge is 0.505 e. The molecule has 4 nitrogen and oxygen atoms in total. The Morgan fingerprint density at radius 2 is 0.778 bits per heavy atom. The zero-order valence-corrected chi connectivity index (χ0v) is 53.6. The smallest absolute Gasteiger partial charge is 0.159 e. The minimum absolute atomic E-state index is 0.260. The summed E-state index contributed by atoms with van der Waals surface area (Å²) in [6, 6.07) is 79.5. The molecular weight excluding hydrogens is 1090 g/mol. The molecule has 0 bridgehead atoms. The monoisotopic (exact) mass is 1170 g/mol. The second kappa shape index (κ2) is 23.4. The molecule has 4 heteroatoms. The summed E-state index contributed by atoms with van der Waals surface area (Å²) in [5.41, 5.74) is 22.4. The van der Waals surface area contributed by atoms with Crippen LogP contribution in [-0.4, -0.2) is 5.11 Å². The first-order valence-corrected chi connectivity index (χ1v) is 33.5. The molecule has 0 radical (unpaired) electrons. The molecule has 448 valence electrons. The molecule has 1 N–H and O–H groups in total. The molecule has 2 aliphatic carbocycles. The van der Waals surface area contributed by atoms with Crippen molar-refractivity contribution in [3.05, 3.63) is 246 Å². The number of phenolic OH excluding ortho intramolecular Hbond substituents is 1. The van der Waals surface area contributed by atoms with Gasteiger partial charge in [-0.2, -0.15) is 0 Å². The van der Waals surface area contributed by atoms with Gasteiger partial charge < -0.3 is 19.3 Å². The zero-order valence-electron chi connectivity index (χ0n) is 53.6. The Morgan fingerprint density at radius 1 is 0.344 bits per heavy atom. The fourth-order valence-corrected chi connectivity index (χ4v) is 15.9. The van der Waals surface area contributed by atoms with Crippen molar-refractivity contribution in [2.75, 3.05) is 9.80 Å². The lowest BCUT2D eigenvalue weighted by atomic mass is 9.82. The summed E-state index contributed by atoms with van der Waals surface area (Å²) in [5.74, 6) is 2.38. The van der Waals surface area contributed by atoms with E-state index in [-0.39, 0.29) is 5.75 Å². The summed E-state index contributed by atoms with van der Waals surface area (Å²) in [6.45, 7) is 18.3. The predicted molar refractivity (Wildman–Crippen MR) is 384 cm³/mol. The van der Waals surface area contributed by atoms with Crippen molar-refractivity contribution in [1.82, 2.24) is 0 Å². The Kier molecular flexibility index (Phi) is 14.9. The number of para-hydroxylation sites is 3. The number of hydrogen-bond acceptors (Lipinski definition) is 4. The molecule has 90 heavy (non-hydrogen) atoms. The third kappa shape index (κ3) is 9.81. The van der Waals surface area contributed by atoms with Crippen molar-refractivity contribution in [1.29, 1.82) is 0 Å². The standard InChI is InChI=1S/C86H82N2O2/c1-52(2)58-27-18-31-62(48-58)87(78-41-21-37-67(84(78)89)61-30-17-29-60(47-61)66-35-15-13-33-64(66)54(5)6)80-50-76(56-23-9-10-24-56)69-44-46-75-81(51-77(57-25-11-12-26-57)70-43-45-74(80)82(69)83(70)75)88(63-32-19-28-59(49-63)53(3)4)79-42-22-40-73-72-39-20-38-71(85(72)90-86(73)79)68-36-16-14-34-65(68)55(7)8/h13-22,27-57,89H,9-12,23-26H2,1-8H3. The van der Waals surface area contributed by atoms with Crippen molar-refractivity contribution in [3.8, 4) is 39.1 Å². The lowest BCUT2D eigenvalue weighted by Crippen LogP contribution is -2.14. The Hall–Kier alpha value is -9.12. The number of furan rings is 1. The van der Waals surface area contributed by atoms with Crippen LogP contribution in [0.25, 0.3) is 87.6 Å². The molecule has 0 unspecified atom stereocenters.